The molecule has 0 aromatic heterocycles. The molecule has 0 saturated heterocycles. The summed E-state index contributed by atoms with van der Waals surface area (Å²) in [5, 5.41) is 0. The summed E-state index contributed by atoms with van der Waals surface area (Å²) in [5.74, 6) is -7.29. The van der Waals surface area contributed by atoms with Crippen LogP contribution >= 0.6 is 0 Å². The third kappa shape index (κ3) is 6.80. The van der Waals surface area contributed by atoms with Gasteiger partial charge in [0, 0.05) is 23.3 Å². The number of benzene rings is 5. The van der Waals surface area contributed by atoms with E-state index in [9.17, 15) is 22.0 Å². The minimum Gasteiger partial charge on any atom is -0.429 e. The van der Waals surface area contributed by atoms with E-state index in [0.717, 1.165) is 37.0 Å². The average Bonchev–Trinajstić information content (AvgIpc) is 3.00. The first kappa shape index (κ1) is 30.9. The molecule has 0 heterocycles. The predicted molar refractivity (Wildman–Crippen MR) is 157 cm³/mol. The first-order valence-corrected chi connectivity index (χ1v) is 14.1. The van der Waals surface area contributed by atoms with Gasteiger partial charge in [-0.25, -0.2) is 22.0 Å². The molecule has 226 valence electrons. The van der Waals surface area contributed by atoms with E-state index in [1.165, 1.54) is 48.4 Å². The van der Waals surface area contributed by atoms with Crippen LogP contribution in [0.15, 0.2) is 97.1 Å². The normalized spacial score (nSPS) is 11.5. The van der Waals surface area contributed by atoms with Crippen LogP contribution in [0.2, 0.25) is 0 Å². The standard InChI is InChI=1S/C36H27F7O/c1-2-3-4-5-22-6-8-23(9-7-22)25-12-16-30(31(37)18-25)26-13-17-29(32(38)19-26)24-10-14-27(15-11-24)36(42,43)44-28-20-33(39)35(41)34(40)21-28/h6-21H,2-5H2,1H3. The van der Waals surface area contributed by atoms with Crippen molar-refractivity contribution in [3.63, 3.8) is 0 Å². The van der Waals surface area contributed by atoms with Crippen LogP contribution in [0.25, 0.3) is 33.4 Å². The maximum atomic E-state index is 15.2. The van der Waals surface area contributed by atoms with E-state index in [1.807, 2.05) is 24.3 Å². The number of hydrogen-bond acceptors (Lipinski definition) is 1. The van der Waals surface area contributed by atoms with Gasteiger partial charge in [0.05, 0.1) is 5.56 Å². The van der Waals surface area contributed by atoms with Gasteiger partial charge in [0.25, 0.3) is 0 Å². The van der Waals surface area contributed by atoms with Gasteiger partial charge >= 0.3 is 6.11 Å². The van der Waals surface area contributed by atoms with Gasteiger partial charge in [-0.1, -0.05) is 80.4 Å². The van der Waals surface area contributed by atoms with Crippen molar-refractivity contribution in [1.82, 2.24) is 0 Å². The lowest BCUT2D eigenvalue weighted by Crippen LogP contribution is -2.22. The van der Waals surface area contributed by atoms with E-state index < -0.39 is 46.5 Å². The van der Waals surface area contributed by atoms with Crippen LogP contribution in [0, 0.1) is 29.1 Å². The minimum absolute atomic E-state index is 0.0864. The fourth-order valence-electron chi connectivity index (χ4n) is 4.93. The summed E-state index contributed by atoms with van der Waals surface area (Å²) >= 11 is 0. The van der Waals surface area contributed by atoms with Gasteiger partial charge in [-0.2, -0.15) is 8.78 Å². The molecule has 0 atom stereocenters. The van der Waals surface area contributed by atoms with Crippen LogP contribution in [0.1, 0.15) is 37.3 Å². The molecule has 0 radical (unpaired) electrons. The fourth-order valence-corrected chi connectivity index (χ4v) is 4.93. The highest BCUT2D eigenvalue weighted by Crippen LogP contribution is 2.36. The molecule has 0 saturated carbocycles. The zero-order valence-corrected chi connectivity index (χ0v) is 23.6. The molecule has 0 aliphatic carbocycles. The number of alkyl halides is 2. The van der Waals surface area contributed by atoms with Gasteiger partial charge in [-0.05, 0) is 64.9 Å². The van der Waals surface area contributed by atoms with Crippen LogP contribution in [0.5, 0.6) is 5.75 Å². The van der Waals surface area contributed by atoms with E-state index in [4.69, 9.17) is 0 Å². The van der Waals surface area contributed by atoms with Crippen LogP contribution in [-0.2, 0) is 12.5 Å². The smallest absolute Gasteiger partial charge is 0.426 e. The van der Waals surface area contributed by atoms with Crippen LogP contribution in [0.4, 0.5) is 30.7 Å². The van der Waals surface area contributed by atoms with Crippen molar-refractivity contribution >= 4 is 0 Å². The molecule has 0 bridgehead atoms. The summed E-state index contributed by atoms with van der Waals surface area (Å²) in [6, 6.07) is 21.9. The molecule has 1 nitrogen and oxygen atoms in total. The Labute approximate surface area is 250 Å². The topological polar surface area (TPSA) is 9.23 Å². The molecule has 0 unspecified atom stereocenters. The van der Waals surface area contributed by atoms with E-state index >= 15 is 8.78 Å². The Morgan fingerprint density at radius 3 is 1.66 bits per heavy atom. The highest BCUT2D eigenvalue weighted by atomic mass is 19.3. The summed E-state index contributed by atoms with van der Waals surface area (Å²) in [5.41, 5.74) is 2.95. The van der Waals surface area contributed by atoms with Gasteiger partial charge in [0.15, 0.2) is 17.5 Å². The minimum atomic E-state index is -4.03. The van der Waals surface area contributed by atoms with Gasteiger partial charge in [0.2, 0.25) is 0 Å². The van der Waals surface area contributed by atoms with E-state index in [2.05, 4.69) is 11.7 Å². The Morgan fingerprint density at radius 1 is 0.545 bits per heavy atom. The summed E-state index contributed by atoms with van der Waals surface area (Å²) in [7, 11) is 0. The zero-order valence-electron chi connectivity index (χ0n) is 23.6. The molecule has 0 aliphatic heterocycles. The van der Waals surface area contributed by atoms with E-state index in [0.29, 0.717) is 23.3 Å². The van der Waals surface area contributed by atoms with Gasteiger partial charge in [-0.3, -0.25) is 0 Å². The zero-order chi connectivity index (χ0) is 31.4. The SMILES string of the molecule is CCCCCc1ccc(-c2ccc(-c3ccc(-c4ccc(C(F)(F)Oc5cc(F)c(F)c(F)c5)cc4)c(F)c3)c(F)c2)cc1. The monoisotopic (exact) mass is 608 g/mol. The number of rotatable bonds is 10. The lowest BCUT2D eigenvalue weighted by atomic mass is 9.96. The predicted octanol–water partition coefficient (Wildman–Crippen LogP) is 11.2. The number of hydrogen-bond donors (Lipinski definition) is 0. The number of aryl methyl sites for hydroxylation is 1. The Bertz CT molecular complexity index is 1740. The Morgan fingerprint density at radius 2 is 1.07 bits per heavy atom. The highest BCUT2D eigenvalue weighted by Gasteiger charge is 2.35. The second-order valence-corrected chi connectivity index (χ2v) is 10.4. The average molecular weight is 609 g/mol. The summed E-state index contributed by atoms with van der Waals surface area (Å²) in [4.78, 5) is 0. The molecule has 5 rings (SSSR count). The van der Waals surface area contributed by atoms with Crippen molar-refractivity contribution in [2.45, 2.75) is 38.7 Å². The van der Waals surface area contributed by atoms with E-state index in [-0.39, 0.29) is 16.7 Å². The molecule has 0 spiro atoms. The van der Waals surface area contributed by atoms with Crippen molar-refractivity contribution in [3.8, 4) is 39.1 Å². The maximum Gasteiger partial charge on any atom is 0.426 e. The molecule has 0 amide bonds. The Hall–Kier alpha value is -4.59. The van der Waals surface area contributed by atoms with Crippen molar-refractivity contribution in [2.75, 3.05) is 0 Å². The number of unbranched alkanes of at least 4 members (excludes halogenated alkanes) is 2. The number of ether oxygens (including phenoxy) is 1. The largest absolute Gasteiger partial charge is 0.429 e. The lowest BCUT2D eigenvalue weighted by Gasteiger charge is -2.19. The Balaban J connectivity index is 1.31. The lowest BCUT2D eigenvalue weighted by molar-refractivity contribution is -0.185. The first-order valence-electron chi connectivity index (χ1n) is 14.1. The summed E-state index contributed by atoms with van der Waals surface area (Å²) in [6.07, 6.45) is 0.409. The molecule has 0 N–H and O–H groups in total. The Kier molecular flexibility index (Phi) is 9.09. The van der Waals surface area contributed by atoms with Crippen molar-refractivity contribution in [1.29, 1.82) is 0 Å². The highest BCUT2D eigenvalue weighted by molar-refractivity contribution is 5.74. The van der Waals surface area contributed by atoms with Crippen molar-refractivity contribution < 1.29 is 35.5 Å². The number of halogens is 7. The molecule has 8 heteroatoms. The maximum absolute atomic E-state index is 15.2. The third-order valence-corrected chi connectivity index (χ3v) is 7.34. The van der Waals surface area contributed by atoms with Gasteiger partial charge in [-0.15, -0.1) is 0 Å². The first-order chi connectivity index (χ1) is 21.1. The molecule has 44 heavy (non-hydrogen) atoms. The van der Waals surface area contributed by atoms with Gasteiger partial charge in [0.1, 0.15) is 17.4 Å². The second kappa shape index (κ2) is 13.0. The van der Waals surface area contributed by atoms with E-state index in [1.54, 1.807) is 12.1 Å². The third-order valence-electron chi connectivity index (χ3n) is 7.34. The second-order valence-electron chi connectivity index (χ2n) is 10.4. The molecule has 0 fully saturated rings. The molecular formula is C36H27F7O. The summed E-state index contributed by atoms with van der Waals surface area (Å²) < 4.78 is 104. The molecule has 5 aromatic carbocycles. The van der Waals surface area contributed by atoms with Crippen LogP contribution in [-0.4, -0.2) is 0 Å². The molecule has 5 aromatic rings. The molecular weight excluding hydrogens is 581 g/mol. The van der Waals surface area contributed by atoms with Crippen LogP contribution < -0.4 is 4.74 Å². The quantitative estimate of drug-likeness (QED) is 0.0871. The van der Waals surface area contributed by atoms with Crippen molar-refractivity contribution in [3.05, 3.63) is 137 Å². The summed E-state index contributed by atoms with van der Waals surface area (Å²) in [6.45, 7) is 2.16. The van der Waals surface area contributed by atoms with Crippen LogP contribution in [0.3, 0.4) is 0 Å². The fraction of sp³-hybridized carbons (Fsp3) is 0.167. The molecule has 0 aliphatic rings. The van der Waals surface area contributed by atoms with Gasteiger partial charge < -0.3 is 4.74 Å². The van der Waals surface area contributed by atoms with Crippen molar-refractivity contribution in [2.24, 2.45) is 0 Å².